The number of rotatable bonds is 2. The van der Waals surface area contributed by atoms with E-state index in [-0.39, 0.29) is 11.1 Å². The number of pyridine rings is 2. The zero-order valence-electron chi connectivity index (χ0n) is 13.9. The van der Waals surface area contributed by atoms with Gasteiger partial charge in [-0.2, -0.15) is 0 Å². The maximum absolute atomic E-state index is 14.3. The van der Waals surface area contributed by atoms with Crippen LogP contribution in [-0.4, -0.2) is 9.97 Å². The van der Waals surface area contributed by atoms with Crippen molar-refractivity contribution in [3.63, 3.8) is 0 Å². The van der Waals surface area contributed by atoms with Crippen LogP contribution < -0.4 is 5.56 Å². The van der Waals surface area contributed by atoms with E-state index < -0.39 is 11.6 Å². The number of aromatic nitrogens is 2. The summed E-state index contributed by atoms with van der Waals surface area (Å²) < 4.78 is 27.6. The maximum Gasteiger partial charge on any atom is 0.249 e. The van der Waals surface area contributed by atoms with Crippen molar-refractivity contribution in [1.29, 1.82) is 0 Å². The van der Waals surface area contributed by atoms with E-state index in [0.29, 0.717) is 22.2 Å². The second-order valence-corrected chi connectivity index (χ2v) is 6.07. The van der Waals surface area contributed by atoms with Gasteiger partial charge in [0.15, 0.2) is 0 Å². The van der Waals surface area contributed by atoms with Crippen LogP contribution in [0.3, 0.4) is 0 Å². The minimum atomic E-state index is -0.717. The Balaban J connectivity index is 2.07. The fourth-order valence-electron chi connectivity index (χ4n) is 3.15. The highest BCUT2D eigenvalue weighted by molar-refractivity contribution is 6.00. The fourth-order valence-corrected chi connectivity index (χ4v) is 3.15. The van der Waals surface area contributed by atoms with Gasteiger partial charge >= 0.3 is 0 Å². The smallest absolute Gasteiger partial charge is 0.249 e. The number of halogens is 2. The van der Waals surface area contributed by atoms with Gasteiger partial charge in [-0.05, 0) is 36.2 Å². The highest BCUT2D eigenvalue weighted by Crippen LogP contribution is 2.33. The Morgan fingerprint density at radius 2 is 1.73 bits per heavy atom. The number of aromatic amines is 1. The molecule has 4 aromatic rings. The Labute approximate surface area is 148 Å². The molecule has 0 saturated carbocycles. The molecule has 2 heterocycles. The van der Waals surface area contributed by atoms with E-state index in [1.165, 1.54) is 18.2 Å². The van der Waals surface area contributed by atoms with Crippen LogP contribution >= 0.6 is 0 Å². The molecule has 0 spiro atoms. The lowest BCUT2D eigenvalue weighted by atomic mass is 9.98. The lowest BCUT2D eigenvalue weighted by molar-refractivity contribution is 0.585. The number of nitrogens with one attached hydrogen (secondary N) is 1. The number of fused-ring (bicyclic) bond motifs is 1. The Kier molecular flexibility index (Phi) is 3.84. The van der Waals surface area contributed by atoms with E-state index in [0.717, 1.165) is 17.2 Å². The molecular weight excluding hydrogens is 334 g/mol. The molecule has 0 radical (unpaired) electrons. The van der Waals surface area contributed by atoms with Crippen molar-refractivity contribution < 1.29 is 8.78 Å². The van der Waals surface area contributed by atoms with Gasteiger partial charge in [0.05, 0.1) is 11.2 Å². The van der Waals surface area contributed by atoms with E-state index >= 15 is 0 Å². The summed E-state index contributed by atoms with van der Waals surface area (Å²) in [5.74, 6) is -1.38. The van der Waals surface area contributed by atoms with Gasteiger partial charge in [-0.15, -0.1) is 0 Å². The summed E-state index contributed by atoms with van der Waals surface area (Å²) in [5, 5.41) is 0.642. The van der Waals surface area contributed by atoms with Gasteiger partial charge < -0.3 is 4.98 Å². The van der Waals surface area contributed by atoms with Crippen molar-refractivity contribution in [2.45, 2.75) is 6.92 Å². The highest BCUT2D eigenvalue weighted by atomic mass is 19.1. The molecule has 0 fully saturated rings. The average molecular weight is 348 g/mol. The predicted molar refractivity (Wildman–Crippen MR) is 97.9 cm³/mol. The molecule has 0 saturated heterocycles. The van der Waals surface area contributed by atoms with Gasteiger partial charge in [0, 0.05) is 34.8 Å². The van der Waals surface area contributed by atoms with Crippen LogP contribution in [0.5, 0.6) is 0 Å². The molecule has 0 aliphatic rings. The zero-order chi connectivity index (χ0) is 18.3. The maximum atomic E-state index is 14.3. The standard InChI is InChI=1S/C21H14F2N2O/c1-12-4-2-3-5-14(12)20-21-16(8-9-24-20)17(11-19(26)25-21)15-7-6-13(22)10-18(15)23/h2-11H,1H3,(H,25,26). The predicted octanol–water partition coefficient (Wildman–Crippen LogP) is 4.84. The quantitative estimate of drug-likeness (QED) is 0.563. The van der Waals surface area contributed by atoms with Crippen LogP contribution in [0.4, 0.5) is 8.78 Å². The van der Waals surface area contributed by atoms with Crippen molar-refractivity contribution in [3.8, 4) is 22.4 Å². The summed E-state index contributed by atoms with van der Waals surface area (Å²) in [4.78, 5) is 19.5. The van der Waals surface area contributed by atoms with E-state index in [9.17, 15) is 13.6 Å². The van der Waals surface area contributed by atoms with Gasteiger partial charge in [-0.3, -0.25) is 9.78 Å². The van der Waals surface area contributed by atoms with Crippen LogP contribution in [0.1, 0.15) is 5.56 Å². The van der Waals surface area contributed by atoms with Crippen LogP contribution in [0.15, 0.2) is 65.6 Å². The van der Waals surface area contributed by atoms with Gasteiger partial charge in [0.25, 0.3) is 0 Å². The van der Waals surface area contributed by atoms with Gasteiger partial charge in [0.2, 0.25) is 5.56 Å². The summed E-state index contributed by atoms with van der Waals surface area (Å²) in [6.07, 6.45) is 1.62. The van der Waals surface area contributed by atoms with E-state index in [1.54, 1.807) is 12.3 Å². The fraction of sp³-hybridized carbons (Fsp3) is 0.0476. The molecule has 0 atom stereocenters. The van der Waals surface area contributed by atoms with Crippen LogP contribution in [-0.2, 0) is 0 Å². The Morgan fingerprint density at radius 1 is 0.923 bits per heavy atom. The third kappa shape index (κ3) is 2.67. The zero-order valence-corrected chi connectivity index (χ0v) is 13.9. The summed E-state index contributed by atoms with van der Waals surface area (Å²) >= 11 is 0. The monoisotopic (exact) mass is 348 g/mol. The second-order valence-electron chi connectivity index (χ2n) is 6.07. The minimum Gasteiger partial charge on any atom is -0.320 e. The summed E-state index contributed by atoms with van der Waals surface area (Å²) in [6, 6.07) is 14.0. The number of hydrogen-bond acceptors (Lipinski definition) is 2. The third-order valence-electron chi connectivity index (χ3n) is 4.39. The highest BCUT2D eigenvalue weighted by Gasteiger charge is 2.15. The topological polar surface area (TPSA) is 45.8 Å². The molecule has 128 valence electrons. The van der Waals surface area contributed by atoms with Gasteiger partial charge in [0.1, 0.15) is 11.6 Å². The van der Waals surface area contributed by atoms with Crippen LogP contribution in [0.2, 0.25) is 0 Å². The number of nitrogens with zero attached hydrogens (tertiary/aromatic N) is 1. The molecule has 4 rings (SSSR count). The van der Waals surface area contributed by atoms with E-state index in [2.05, 4.69) is 9.97 Å². The minimum absolute atomic E-state index is 0.171. The molecule has 0 unspecified atom stereocenters. The van der Waals surface area contributed by atoms with E-state index in [1.807, 2.05) is 31.2 Å². The number of benzene rings is 2. The number of aryl methyl sites for hydroxylation is 1. The van der Waals surface area contributed by atoms with Crippen molar-refractivity contribution in [3.05, 3.63) is 88.3 Å². The first-order chi connectivity index (χ1) is 12.5. The Hall–Kier alpha value is -3.34. The molecule has 2 aromatic heterocycles. The van der Waals surface area contributed by atoms with Crippen molar-refractivity contribution in [1.82, 2.24) is 9.97 Å². The van der Waals surface area contributed by atoms with E-state index in [4.69, 9.17) is 0 Å². The molecule has 0 amide bonds. The first kappa shape index (κ1) is 16.1. The molecular formula is C21H14F2N2O. The first-order valence-electron chi connectivity index (χ1n) is 8.08. The summed E-state index contributed by atoms with van der Waals surface area (Å²) in [6.45, 7) is 1.96. The lowest BCUT2D eigenvalue weighted by Crippen LogP contribution is -2.07. The molecule has 26 heavy (non-hydrogen) atoms. The molecule has 1 N–H and O–H groups in total. The van der Waals surface area contributed by atoms with Gasteiger partial charge in [-0.25, -0.2) is 8.78 Å². The molecule has 0 bridgehead atoms. The number of hydrogen-bond donors (Lipinski definition) is 1. The second kappa shape index (κ2) is 6.19. The normalized spacial score (nSPS) is 11.0. The largest absolute Gasteiger partial charge is 0.320 e. The molecule has 0 aliphatic heterocycles. The molecule has 5 heteroatoms. The first-order valence-corrected chi connectivity index (χ1v) is 8.08. The van der Waals surface area contributed by atoms with Crippen LogP contribution in [0, 0.1) is 18.6 Å². The molecule has 3 nitrogen and oxygen atoms in total. The van der Waals surface area contributed by atoms with Crippen molar-refractivity contribution in [2.24, 2.45) is 0 Å². The number of H-pyrrole nitrogens is 1. The third-order valence-corrected chi connectivity index (χ3v) is 4.39. The van der Waals surface area contributed by atoms with Gasteiger partial charge in [-0.1, -0.05) is 24.3 Å². The molecule has 2 aromatic carbocycles. The van der Waals surface area contributed by atoms with Crippen molar-refractivity contribution in [2.75, 3.05) is 0 Å². The van der Waals surface area contributed by atoms with Crippen LogP contribution in [0.25, 0.3) is 33.3 Å². The summed E-state index contributed by atoms with van der Waals surface area (Å²) in [7, 11) is 0. The Morgan fingerprint density at radius 3 is 2.50 bits per heavy atom. The average Bonchev–Trinajstić information content (AvgIpc) is 2.61. The summed E-state index contributed by atoms with van der Waals surface area (Å²) in [5.41, 5.74) is 3.22. The SMILES string of the molecule is Cc1ccccc1-c1nccc2c(-c3ccc(F)cc3F)cc(=O)[nH]c12. The lowest BCUT2D eigenvalue weighted by Gasteiger charge is -2.12. The Bertz CT molecular complexity index is 1200. The molecule has 0 aliphatic carbocycles. The van der Waals surface area contributed by atoms with Crippen molar-refractivity contribution >= 4 is 10.9 Å².